The zero-order chi connectivity index (χ0) is 13.6. The number of esters is 1. The maximum atomic E-state index is 11.6. The van der Waals surface area contributed by atoms with Crippen LogP contribution in [0.4, 0.5) is 0 Å². The predicted molar refractivity (Wildman–Crippen MR) is 74.9 cm³/mol. The summed E-state index contributed by atoms with van der Waals surface area (Å²) in [4.78, 5) is 11.6. The largest absolute Gasteiger partial charge is 0.466 e. The van der Waals surface area contributed by atoms with Crippen molar-refractivity contribution in [3.63, 3.8) is 0 Å². The maximum Gasteiger partial charge on any atom is 0.308 e. The van der Waals surface area contributed by atoms with E-state index >= 15 is 0 Å². The van der Waals surface area contributed by atoms with E-state index in [0.29, 0.717) is 6.61 Å². The van der Waals surface area contributed by atoms with Crippen molar-refractivity contribution in [2.24, 2.45) is 0 Å². The van der Waals surface area contributed by atoms with Gasteiger partial charge >= 0.3 is 5.97 Å². The minimum atomic E-state index is -1.70. The molecule has 1 unspecified atom stereocenters. The fourth-order valence-corrected chi connectivity index (χ4v) is 2.77. The molecule has 1 rings (SSSR count). The summed E-state index contributed by atoms with van der Waals surface area (Å²) in [6.45, 7) is 8.58. The van der Waals surface area contributed by atoms with Gasteiger partial charge in [0, 0.05) is 0 Å². The first-order chi connectivity index (χ1) is 8.42. The summed E-state index contributed by atoms with van der Waals surface area (Å²) in [5.41, 5.74) is 1.04. The van der Waals surface area contributed by atoms with Crippen LogP contribution < -0.4 is 0 Å². The van der Waals surface area contributed by atoms with E-state index in [4.69, 9.17) is 9.16 Å². The molecular formula is C14H22O3Si. The standard InChI is InChI=1S/C14H22O3Si/c1-5-16-14(15)11-13(17-18(2,3)4)12-9-7-6-8-10-12/h6-10,13H,5,11H2,1-4H3. The zero-order valence-corrected chi connectivity index (χ0v) is 12.6. The average molecular weight is 266 g/mol. The Kier molecular flexibility index (Phi) is 5.56. The van der Waals surface area contributed by atoms with Gasteiger partial charge in [-0.1, -0.05) is 30.3 Å². The normalized spacial score (nSPS) is 13.1. The molecule has 0 saturated heterocycles. The van der Waals surface area contributed by atoms with Crippen molar-refractivity contribution in [1.82, 2.24) is 0 Å². The molecule has 3 nitrogen and oxygen atoms in total. The Labute approximate surface area is 110 Å². The maximum absolute atomic E-state index is 11.6. The van der Waals surface area contributed by atoms with Crippen molar-refractivity contribution in [2.75, 3.05) is 6.61 Å². The van der Waals surface area contributed by atoms with Crippen LogP contribution >= 0.6 is 0 Å². The number of carbonyl (C=O) groups excluding carboxylic acids is 1. The highest BCUT2D eigenvalue weighted by atomic mass is 28.4. The van der Waals surface area contributed by atoms with Crippen LogP contribution in [0.3, 0.4) is 0 Å². The van der Waals surface area contributed by atoms with E-state index in [9.17, 15) is 4.79 Å². The van der Waals surface area contributed by atoms with Gasteiger partial charge in [-0.3, -0.25) is 4.79 Å². The Morgan fingerprint density at radius 2 is 1.83 bits per heavy atom. The Bertz CT molecular complexity index is 370. The Balaban J connectivity index is 2.79. The second-order valence-electron chi connectivity index (χ2n) is 5.14. The van der Waals surface area contributed by atoms with Crippen LogP contribution in [0.5, 0.6) is 0 Å². The van der Waals surface area contributed by atoms with E-state index in [-0.39, 0.29) is 18.5 Å². The molecule has 100 valence electrons. The fourth-order valence-electron chi connectivity index (χ4n) is 1.69. The molecule has 1 aromatic carbocycles. The lowest BCUT2D eigenvalue weighted by atomic mass is 10.1. The molecule has 1 aromatic rings. The Morgan fingerprint density at radius 3 is 2.33 bits per heavy atom. The number of benzene rings is 1. The van der Waals surface area contributed by atoms with E-state index in [1.807, 2.05) is 37.3 Å². The molecule has 1 atom stereocenters. The van der Waals surface area contributed by atoms with Crippen LogP contribution in [0.25, 0.3) is 0 Å². The third-order valence-electron chi connectivity index (χ3n) is 2.32. The molecule has 0 amide bonds. The third kappa shape index (κ3) is 5.47. The molecule has 0 aliphatic rings. The lowest BCUT2D eigenvalue weighted by Gasteiger charge is -2.26. The van der Waals surface area contributed by atoms with E-state index in [0.717, 1.165) is 5.56 Å². The van der Waals surface area contributed by atoms with E-state index in [1.165, 1.54) is 0 Å². The summed E-state index contributed by atoms with van der Waals surface area (Å²) in [6, 6.07) is 9.86. The molecule has 0 radical (unpaired) electrons. The van der Waals surface area contributed by atoms with Crippen LogP contribution in [-0.4, -0.2) is 20.9 Å². The molecule has 0 aliphatic heterocycles. The van der Waals surface area contributed by atoms with Crippen LogP contribution in [0, 0.1) is 0 Å². The Morgan fingerprint density at radius 1 is 1.22 bits per heavy atom. The van der Waals surface area contributed by atoms with Crippen molar-refractivity contribution in [3.8, 4) is 0 Å². The minimum Gasteiger partial charge on any atom is -0.466 e. The predicted octanol–water partition coefficient (Wildman–Crippen LogP) is 3.53. The summed E-state index contributed by atoms with van der Waals surface area (Å²) >= 11 is 0. The lowest BCUT2D eigenvalue weighted by molar-refractivity contribution is -0.145. The van der Waals surface area contributed by atoms with Gasteiger partial charge in [0.15, 0.2) is 8.32 Å². The lowest BCUT2D eigenvalue weighted by Crippen LogP contribution is -2.29. The van der Waals surface area contributed by atoms with Gasteiger partial charge in [0.1, 0.15) is 0 Å². The van der Waals surface area contributed by atoms with E-state index < -0.39 is 8.32 Å². The van der Waals surface area contributed by atoms with Crippen LogP contribution in [0.2, 0.25) is 19.6 Å². The molecule has 0 aliphatic carbocycles. The number of ether oxygens (including phenoxy) is 1. The average Bonchev–Trinajstić information content (AvgIpc) is 2.28. The molecule has 0 bridgehead atoms. The molecule has 18 heavy (non-hydrogen) atoms. The molecule has 0 fully saturated rings. The fraction of sp³-hybridized carbons (Fsp3) is 0.500. The Hall–Kier alpha value is -1.13. The molecule has 0 saturated carbocycles. The van der Waals surface area contributed by atoms with Crippen molar-refractivity contribution >= 4 is 14.3 Å². The van der Waals surface area contributed by atoms with Gasteiger partial charge in [-0.2, -0.15) is 0 Å². The summed E-state index contributed by atoms with van der Waals surface area (Å²) in [6.07, 6.45) is 0.0826. The van der Waals surface area contributed by atoms with Gasteiger partial charge < -0.3 is 9.16 Å². The van der Waals surface area contributed by atoms with Gasteiger partial charge in [-0.25, -0.2) is 0 Å². The molecule has 0 aromatic heterocycles. The number of rotatable bonds is 6. The van der Waals surface area contributed by atoms with Crippen LogP contribution in [-0.2, 0) is 14.0 Å². The SMILES string of the molecule is CCOC(=O)CC(O[Si](C)(C)C)c1ccccc1. The molecule has 0 N–H and O–H groups in total. The smallest absolute Gasteiger partial charge is 0.308 e. The van der Waals surface area contributed by atoms with Gasteiger partial charge in [0.05, 0.1) is 19.1 Å². The van der Waals surface area contributed by atoms with Crippen LogP contribution in [0.15, 0.2) is 30.3 Å². The first-order valence-corrected chi connectivity index (χ1v) is 9.71. The molecule has 4 heteroatoms. The van der Waals surface area contributed by atoms with Crippen molar-refractivity contribution in [3.05, 3.63) is 35.9 Å². The molecule has 0 spiro atoms. The van der Waals surface area contributed by atoms with Crippen LogP contribution in [0.1, 0.15) is 25.0 Å². The number of hydrogen-bond acceptors (Lipinski definition) is 3. The number of carbonyl (C=O) groups is 1. The van der Waals surface area contributed by atoms with Gasteiger partial charge in [-0.05, 0) is 32.1 Å². The van der Waals surface area contributed by atoms with Gasteiger partial charge in [0.25, 0.3) is 0 Å². The molecular weight excluding hydrogens is 244 g/mol. The summed E-state index contributed by atoms with van der Waals surface area (Å²) in [5, 5.41) is 0. The second kappa shape index (κ2) is 6.71. The first kappa shape index (κ1) is 14.9. The third-order valence-corrected chi connectivity index (χ3v) is 3.32. The highest BCUT2D eigenvalue weighted by Gasteiger charge is 2.24. The second-order valence-corrected chi connectivity index (χ2v) is 9.60. The molecule has 0 heterocycles. The first-order valence-electron chi connectivity index (χ1n) is 6.31. The van der Waals surface area contributed by atoms with E-state index in [1.54, 1.807) is 0 Å². The summed E-state index contributed by atoms with van der Waals surface area (Å²) in [5.74, 6) is -0.204. The summed E-state index contributed by atoms with van der Waals surface area (Å²) < 4.78 is 11.1. The highest BCUT2D eigenvalue weighted by Crippen LogP contribution is 2.25. The van der Waals surface area contributed by atoms with Crippen molar-refractivity contribution in [1.29, 1.82) is 0 Å². The minimum absolute atomic E-state index is 0.197. The zero-order valence-electron chi connectivity index (χ0n) is 11.6. The van der Waals surface area contributed by atoms with Crippen molar-refractivity contribution < 1.29 is 14.0 Å². The topological polar surface area (TPSA) is 35.5 Å². The van der Waals surface area contributed by atoms with Gasteiger partial charge in [0.2, 0.25) is 0 Å². The highest BCUT2D eigenvalue weighted by molar-refractivity contribution is 6.69. The van der Waals surface area contributed by atoms with Gasteiger partial charge in [-0.15, -0.1) is 0 Å². The summed E-state index contributed by atoms with van der Waals surface area (Å²) in [7, 11) is -1.70. The quantitative estimate of drug-likeness (QED) is 0.583. The van der Waals surface area contributed by atoms with E-state index in [2.05, 4.69) is 19.6 Å². The van der Waals surface area contributed by atoms with Crippen molar-refractivity contribution in [2.45, 2.75) is 39.1 Å². The number of hydrogen-bond donors (Lipinski definition) is 0. The monoisotopic (exact) mass is 266 g/mol.